The maximum atomic E-state index is 12.2. The maximum absolute atomic E-state index is 12.2. The van der Waals surface area contributed by atoms with Gasteiger partial charge in [-0.15, -0.1) is 0 Å². The van der Waals surface area contributed by atoms with Crippen LogP contribution >= 0.6 is 31.9 Å². The Morgan fingerprint density at radius 1 is 1.20 bits per heavy atom. The summed E-state index contributed by atoms with van der Waals surface area (Å²) < 4.78 is 0. The van der Waals surface area contributed by atoms with Crippen LogP contribution in [-0.4, -0.2) is 21.2 Å². The van der Waals surface area contributed by atoms with Crippen LogP contribution in [0, 0.1) is 11.3 Å². The number of fused-ring (bicyclic) bond motifs is 1. The first-order valence-corrected chi connectivity index (χ1v) is 7.13. The summed E-state index contributed by atoms with van der Waals surface area (Å²) in [6.45, 7) is 2.02. The number of ketones is 2. The van der Waals surface area contributed by atoms with E-state index in [0.29, 0.717) is 12.8 Å². The van der Waals surface area contributed by atoms with E-state index in [9.17, 15) is 9.59 Å². The second-order valence-electron chi connectivity index (χ2n) is 4.87. The Labute approximate surface area is 106 Å². The summed E-state index contributed by atoms with van der Waals surface area (Å²) >= 11 is 6.82. The van der Waals surface area contributed by atoms with Gasteiger partial charge in [0.05, 0.1) is 9.65 Å². The average molecular weight is 338 g/mol. The topological polar surface area (TPSA) is 34.1 Å². The van der Waals surface area contributed by atoms with Crippen molar-refractivity contribution in [3.63, 3.8) is 0 Å². The molecule has 0 spiro atoms. The molecule has 0 amide bonds. The smallest absolute Gasteiger partial charge is 0.152 e. The van der Waals surface area contributed by atoms with Gasteiger partial charge in [0.15, 0.2) is 5.78 Å². The highest BCUT2D eigenvalue weighted by atomic mass is 79.9. The van der Waals surface area contributed by atoms with E-state index in [-0.39, 0.29) is 32.6 Å². The summed E-state index contributed by atoms with van der Waals surface area (Å²) in [6.07, 6.45) is 3.10. The Morgan fingerprint density at radius 3 is 2.53 bits per heavy atom. The summed E-state index contributed by atoms with van der Waals surface area (Å²) in [7, 11) is 0. The molecule has 2 saturated carbocycles. The molecule has 0 saturated heterocycles. The number of hydrogen-bond acceptors (Lipinski definition) is 2. The molecular formula is C11H14Br2O2. The summed E-state index contributed by atoms with van der Waals surface area (Å²) in [5.41, 5.74) is -0.297. The van der Waals surface area contributed by atoms with Crippen LogP contribution in [0.2, 0.25) is 0 Å². The first kappa shape index (κ1) is 11.8. The first-order chi connectivity index (χ1) is 6.95. The largest absolute Gasteiger partial charge is 0.298 e. The van der Waals surface area contributed by atoms with E-state index < -0.39 is 0 Å². The van der Waals surface area contributed by atoms with Gasteiger partial charge in [-0.1, -0.05) is 38.8 Å². The van der Waals surface area contributed by atoms with E-state index in [1.165, 1.54) is 0 Å². The fraction of sp³-hybridized carbons (Fsp3) is 0.818. The van der Waals surface area contributed by atoms with Crippen molar-refractivity contribution in [3.05, 3.63) is 0 Å². The molecule has 0 heterocycles. The summed E-state index contributed by atoms with van der Waals surface area (Å²) in [5, 5.41) is 0. The molecule has 2 fully saturated rings. The fourth-order valence-corrected chi connectivity index (χ4v) is 4.45. The second kappa shape index (κ2) is 3.95. The van der Waals surface area contributed by atoms with Gasteiger partial charge in [-0.25, -0.2) is 0 Å². The average Bonchev–Trinajstić information content (AvgIpc) is 2.18. The van der Waals surface area contributed by atoms with Gasteiger partial charge in [0.2, 0.25) is 0 Å². The first-order valence-electron chi connectivity index (χ1n) is 5.30. The number of halogens is 2. The van der Waals surface area contributed by atoms with Crippen LogP contribution in [0.4, 0.5) is 0 Å². The zero-order valence-corrected chi connectivity index (χ0v) is 11.8. The lowest BCUT2D eigenvalue weighted by Crippen LogP contribution is -2.51. The Morgan fingerprint density at radius 2 is 1.87 bits per heavy atom. The van der Waals surface area contributed by atoms with Crippen LogP contribution in [0.3, 0.4) is 0 Å². The highest BCUT2D eigenvalue weighted by Gasteiger charge is 2.51. The number of Topliss-reactive ketones (excluding diaryl/α,β-unsaturated/α-hetero) is 2. The van der Waals surface area contributed by atoms with E-state index in [2.05, 4.69) is 31.9 Å². The Bertz CT molecular complexity index is 316. The summed E-state index contributed by atoms with van der Waals surface area (Å²) in [6, 6.07) is 0. The Hall–Kier alpha value is 0.300. The van der Waals surface area contributed by atoms with Crippen molar-refractivity contribution in [3.8, 4) is 0 Å². The van der Waals surface area contributed by atoms with Crippen LogP contribution < -0.4 is 0 Å². The zero-order valence-electron chi connectivity index (χ0n) is 8.63. The molecule has 0 radical (unpaired) electrons. The van der Waals surface area contributed by atoms with Crippen molar-refractivity contribution in [1.82, 2.24) is 0 Å². The van der Waals surface area contributed by atoms with Gasteiger partial charge < -0.3 is 0 Å². The minimum atomic E-state index is -0.297. The Kier molecular flexibility index (Phi) is 3.10. The number of carbonyl (C=O) groups excluding carboxylic acids is 2. The molecular weight excluding hydrogens is 324 g/mol. The number of alkyl halides is 2. The monoisotopic (exact) mass is 336 g/mol. The SMILES string of the molecule is C[C@@]12CC(Br)C(=O)C[C@@H]1CCC(Br)C2=O. The predicted octanol–water partition coefficient (Wildman–Crippen LogP) is 2.86. The number of hydrogen-bond donors (Lipinski definition) is 0. The molecule has 0 bridgehead atoms. The summed E-state index contributed by atoms with van der Waals surface area (Å²) in [5.74, 6) is 0.814. The van der Waals surface area contributed by atoms with Crippen molar-refractivity contribution >= 4 is 43.4 Å². The van der Waals surface area contributed by atoms with Crippen molar-refractivity contribution in [2.75, 3.05) is 0 Å². The molecule has 2 aliphatic carbocycles. The van der Waals surface area contributed by atoms with Crippen LogP contribution in [0.1, 0.15) is 32.6 Å². The van der Waals surface area contributed by atoms with Gasteiger partial charge in [0, 0.05) is 11.8 Å². The van der Waals surface area contributed by atoms with Crippen molar-refractivity contribution in [2.24, 2.45) is 11.3 Å². The van der Waals surface area contributed by atoms with E-state index in [4.69, 9.17) is 0 Å². The van der Waals surface area contributed by atoms with Gasteiger partial charge in [0.25, 0.3) is 0 Å². The third-order valence-electron chi connectivity index (χ3n) is 3.92. The van der Waals surface area contributed by atoms with E-state index in [0.717, 1.165) is 12.8 Å². The van der Waals surface area contributed by atoms with Gasteiger partial charge in [-0.3, -0.25) is 9.59 Å². The zero-order chi connectivity index (χ0) is 11.2. The lowest BCUT2D eigenvalue weighted by molar-refractivity contribution is -0.139. The summed E-state index contributed by atoms with van der Waals surface area (Å²) in [4.78, 5) is 23.6. The normalized spacial score (nSPS) is 46.5. The molecule has 2 rings (SSSR count). The van der Waals surface area contributed by atoms with Crippen LogP contribution in [0.25, 0.3) is 0 Å². The molecule has 0 N–H and O–H groups in total. The molecule has 84 valence electrons. The second-order valence-corrected chi connectivity index (χ2v) is 7.08. The molecule has 4 heteroatoms. The number of rotatable bonds is 0. The number of carbonyl (C=O) groups is 2. The Balaban J connectivity index is 2.28. The van der Waals surface area contributed by atoms with Gasteiger partial charge in [-0.05, 0) is 25.2 Å². The van der Waals surface area contributed by atoms with E-state index in [1.54, 1.807) is 0 Å². The highest BCUT2D eigenvalue weighted by Crippen LogP contribution is 2.49. The molecule has 2 aliphatic rings. The predicted molar refractivity (Wildman–Crippen MR) is 65.5 cm³/mol. The third-order valence-corrected chi connectivity index (χ3v) is 5.63. The lowest BCUT2D eigenvalue weighted by atomic mass is 9.59. The fourth-order valence-electron chi connectivity index (χ4n) is 2.81. The van der Waals surface area contributed by atoms with E-state index >= 15 is 0 Å². The van der Waals surface area contributed by atoms with Gasteiger partial charge in [-0.2, -0.15) is 0 Å². The van der Waals surface area contributed by atoms with Gasteiger partial charge in [0.1, 0.15) is 5.78 Å². The third kappa shape index (κ3) is 1.84. The maximum Gasteiger partial charge on any atom is 0.152 e. The van der Waals surface area contributed by atoms with Crippen molar-refractivity contribution in [2.45, 2.75) is 42.3 Å². The molecule has 15 heavy (non-hydrogen) atoms. The molecule has 0 aromatic heterocycles. The molecule has 0 aromatic carbocycles. The van der Waals surface area contributed by atoms with Crippen LogP contribution in [0.15, 0.2) is 0 Å². The minimum absolute atomic E-state index is 0.00773. The lowest BCUT2D eigenvalue weighted by Gasteiger charge is -2.46. The molecule has 0 aliphatic heterocycles. The minimum Gasteiger partial charge on any atom is -0.298 e. The molecule has 2 nitrogen and oxygen atoms in total. The quantitative estimate of drug-likeness (QED) is 0.637. The molecule has 0 aromatic rings. The van der Waals surface area contributed by atoms with Crippen molar-refractivity contribution < 1.29 is 9.59 Å². The van der Waals surface area contributed by atoms with Crippen LogP contribution in [-0.2, 0) is 9.59 Å². The van der Waals surface area contributed by atoms with Crippen LogP contribution in [0.5, 0.6) is 0 Å². The molecule has 4 atom stereocenters. The molecule has 2 unspecified atom stereocenters. The van der Waals surface area contributed by atoms with Crippen molar-refractivity contribution in [1.29, 1.82) is 0 Å². The standard InChI is InChI=1S/C11H14Br2O2/c1-11-5-8(13)9(14)4-6(11)2-3-7(12)10(11)15/h6-8H,2-5H2,1H3/t6-,7?,8?,11+/m0/s1. The van der Waals surface area contributed by atoms with Gasteiger partial charge >= 0.3 is 0 Å². The van der Waals surface area contributed by atoms with E-state index in [1.807, 2.05) is 6.92 Å². The highest BCUT2D eigenvalue weighted by molar-refractivity contribution is 9.10.